The van der Waals surface area contributed by atoms with E-state index < -0.39 is 14.9 Å². The predicted molar refractivity (Wildman–Crippen MR) is 96.9 cm³/mol. The maximum absolute atomic E-state index is 12.9. The molecule has 24 heavy (non-hydrogen) atoms. The van der Waals surface area contributed by atoms with Crippen LogP contribution in [0.2, 0.25) is 0 Å². The number of hydrogen-bond acceptors (Lipinski definition) is 4. The first-order valence-corrected chi connectivity index (χ1v) is 10.6. The molecular weight excluding hydrogens is 396 g/mol. The van der Waals surface area contributed by atoms with Crippen molar-refractivity contribution in [2.24, 2.45) is 0 Å². The Morgan fingerprint density at radius 1 is 1.33 bits per heavy atom. The first-order chi connectivity index (χ1) is 11.4. The Morgan fingerprint density at radius 3 is 2.58 bits per heavy atom. The summed E-state index contributed by atoms with van der Waals surface area (Å²) >= 11 is 3.68. The van der Waals surface area contributed by atoms with E-state index in [9.17, 15) is 18.5 Å². The van der Waals surface area contributed by atoms with Crippen molar-refractivity contribution >= 4 is 31.6 Å². The summed E-state index contributed by atoms with van der Waals surface area (Å²) in [6.07, 6.45) is 5.99. The van der Waals surface area contributed by atoms with Crippen LogP contribution in [0, 0.1) is 10.1 Å². The van der Waals surface area contributed by atoms with Crippen molar-refractivity contribution in [3.63, 3.8) is 0 Å². The molecule has 0 radical (unpaired) electrons. The van der Waals surface area contributed by atoms with Crippen molar-refractivity contribution in [2.75, 3.05) is 6.54 Å². The molecule has 1 fully saturated rings. The van der Waals surface area contributed by atoms with Crippen LogP contribution in [-0.2, 0) is 10.0 Å². The smallest absolute Gasteiger partial charge is 0.258 e. The number of nitro benzene ring substituents is 1. The Bertz CT molecular complexity index is 663. The molecule has 8 heteroatoms. The van der Waals surface area contributed by atoms with E-state index in [1.54, 1.807) is 4.31 Å². The van der Waals surface area contributed by atoms with Gasteiger partial charge in [-0.15, -0.1) is 0 Å². The number of rotatable bonds is 8. The van der Waals surface area contributed by atoms with Crippen molar-refractivity contribution < 1.29 is 13.3 Å². The van der Waals surface area contributed by atoms with Gasteiger partial charge in [0.05, 0.1) is 9.82 Å². The fourth-order valence-electron chi connectivity index (χ4n) is 3.08. The lowest BCUT2D eigenvalue weighted by Gasteiger charge is -2.28. The van der Waals surface area contributed by atoms with Gasteiger partial charge in [0.1, 0.15) is 0 Å². The second kappa shape index (κ2) is 8.40. The molecule has 1 saturated heterocycles. The van der Waals surface area contributed by atoms with Crippen molar-refractivity contribution in [1.29, 1.82) is 0 Å². The number of non-ortho nitro benzene ring substituents is 1. The predicted octanol–water partition coefficient (Wildman–Crippen LogP) is 4.09. The number of alkyl halides is 1. The molecular formula is C16H23BrN2O4S. The second-order valence-electron chi connectivity index (χ2n) is 6.09. The third-order valence-electron chi connectivity index (χ3n) is 4.40. The van der Waals surface area contributed by atoms with E-state index in [-0.39, 0.29) is 21.5 Å². The van der Waals surface area contributed by atoms with Gasteiger partial charge in [-0.25, -0.2) is 8.42 Å². The zero-order valence-electron chi connectivity index (χ0n) is 13.7. The highest BCUT2D eigenvalue weighted by Crippen LogP contribution is 2.33. The molecule has 0 spiro atoms. The second-order valence-corrected chi connectivity index (χ2v) is 9.15. The average Bonchev–Trinajstić information content (AvgIpc) is 3.05. The van der Waals surface area contributed by atoms with E-state index in [0.717, 1.165) is 38.5 Å². The summed E-state index contributed by atoms with van der Waals surface area (Å²) in [4.78, 5) is 10.5. The zero-order chi connectivity index (χ0) is 17.7. The fraction of sp³-hybridized carbons (Fsp3) is 0.625. The first-order valence-electron chi connectivity index (χ1n) is 8.28. The highest BCUT2D eigenvalue weighted by Gasteiger charge is 2.38. The summed E-state index contributed by atoms with van der Waals surface area (Å²) in [5, 5.41) is 10.7. The maximum atomic E-state index is 12.9. The van der Waals surface area contributed by atoms with Gasteiger partial charge >= 0.3 is 0 Å². The SMILES string of the molecule is CCCCC[C@@H](Br)C1CCCN1S(=O)(=O)c1ccc([N+](=O)[O-])cc1. The van der Waals surface area contributed by atoms with Gasteiger partial charge in [-0.3, -0.25) is 10.1 Å². The fourth-order valence-corrected chi connectivity index (χ4v) is 5.84. The summed E-state index contributed by atoms with van der Waals surface area (Å²) in [6, 6.07) is 5.07. The normalized spacial score (nSPS) is 20.2. The van der Waals surface area contributed by atoms with Crippen LogP contribution in [0.4, 0.5) is 5.69 Å². The molecule has 1 aliphatic heterocycles. The van der Waals surface area contributed by atoms with E-state index in [2.05, 4.69) is 22.9 Å². The zero-order valence-corrected chi connectivity index (χ0v) is 16.1. The third kappa shape index (κ3) is 4.34. The number of hydrogen-bond donors (Lipinski definition) is 0. The lowest BCUT2D eigenvalue weighted by Crippen LogP contribution is -2.40. The number of halogens is 1. The Hall–Kier alpha value is -0.990. The largest absolute Gasteiger partial charge is 0.269 e. The van der Waals surface area contributed by atoms with Gasteiger partial charge in [0.15, 0.2) is 0 Å². The lowest BCUT2D eigenvalue weighted by atomic mass is 10.1. The van der Waals surface area contributed by atoms with Gasteiger partial charge in [-0.1, -0.05) is 42.1 Å². The summed E-state index contributed by atoms with van der Waals surface area (Å²) in [5.41, 5.74) is -0.107. The summed E-state index contributed by atoms with van der Waals surface area (Å²) in [5.74, 6) is 0. The molecule has 0 N–H and O–H groups in total. The third-order valence-corrected chi connectivity index (χ3v) is 7.41. The van der Waals surface area contributed by atoms with Crippen LogP contribution >= 0.6 is 15.9 Å². The minimum Gasteiger partial charge on any atom is -0.258 e. The summed E-state index contributed by atoms with van der Waals surface area (Å²) < 4.78 is 27.3. The average molecular weight is 419 g/mol. The van der Waals surface area contributed by atoms with Gasteiger partial charge < -0.3 is 0 Å². The summed E-state index contributed by atoms with van der Waals surface area (Å²) in [6.45, 7) is 2.64. The van der Waals surface area contributed by atoms with Crippen LogP contribution in [0.3, 0.4) is 0 Å². The number of nitro groups is 1. The number of benzene rings is 1. The molecule has 0 amide bonds. The molecule has 1 aromatic rings. The van der Waals surface area contributed by atoms with Crippen LogP contribution in [0.1, 0.15) is 45.4 Å². The van der Waals surface area contributed by atoms with Crippen LogP contribution < -0.4 is 0 Å². The van der Waals surface area contributed by atoms with Gasteiger partial charge in [0, 0.05) is 29.5 Å². The van der Waals surface area contributed by atoms with E-state index in [4.69, 9.17) is 0 Å². The van der Waals surface area contributed by atoms with Gasteiger partial charge in [0.2, 0.25) is 10.0 Å². The number of unbranched alkanes of at least 4 members (excludes halogenated alkanes) is 2. The minimum atomic E-state index is -3.63. The molecule has 1 unspecified atom stereocenters. The minimum absolute atomic E-state index is 0.0537. The van der Waals surface area contributed by atoms with Crippen molar-refractivity contribution in [3.8, 4) is 0 Å². The monoisotopic (exact) mass is 418 g/mol. The molecule has 1 heterocycles. The van der Waals surface area contributed by atoms with Gasteiger partial charge in [-0.2, -0.15) is 4.31 Å². The highest BCUT2D eigenvalue weighted by atomic mass is 79.9. The van der Waals surface area contributed by atoms with Gasteiger partial charge in [0.25, 0.3) is 5.69 Å². The topological polar surface area (TPSA) is 80.5 Å². The molecule has 1 aliphatic rings. The molecule has 0 bridgehead atoms. The number of sulfonamides is 1. The number of nitrogens with zero attached hydrogens (tertiary/aromatic N) is 2. The molecule has 0 aromatic heterocycles. The van der Waals surface area contributed by atoms with Gasteiger partial charge in [-0.05, 0) is 31.4 Å². The maximum Gasteiger partial charge on any atom is 0.269 e. The quantitative estimate of drug-likeness (QED) is 0.275. The Morgan fingerprint density at radius 2 is 2.00 bits per heavy atom. The van der Waals surface area contributed by atoms with Crippen molar-refractivity contribution in [3.05, 3.63) is 34.4 Å². The molecule has 0 aliphatic carbocycles. The van der Waals surface area contributed by atoms with Crippen molar-refractivity contribution in [1.82, 2.24) is 4.31 Å². The summed E-state index contributed by atoms with van der Waals surface area (Å²) in [7, 11) is -3.63. The Labute approximate surface area is 151 Å². The Balaban J connectivity index is 2.16. The molecule has 2 atom stereocenters. The van der Waals surface area contributed by atoms with E-state index in [1.165, 1.54) is 24.3 Å². The van der Waals surface area contributed by atoms with Crippen LogP contribution in [0.15, 0.2) is 29.2 Å². The first kappa shape index (κ1) is 19.3. The molecule has 134 valence electrons. The van der Waals surface area contributed by atoms with E-state index in [0.29, 0.717) is 6.54 Å². The van der Waals surface area contributed by atoms with Crippen LogP contribution in [-0.4, -0.2) is 35.1 Å². The van der Waals surface area contributed by atoms with Crippen molar-refractivity contribution in [2.45, 2.75) is 61.2 Å². The highest BCUT2D eigenvalue weighted by molar-refractivity contribution is 9.09. The van der Waals surface area contributed by atoms with E-state index >= 15 is 0 Å². The van der Waals surface area contributed by atoms with E-state index in [1.807, 2.05) is 0 Å². The van der Waals surface area contributed by atoms with Crippen LogP contribution in [0.25, 0.3) is 0 Å². The molecule has 2 rings (SSSR count). The standard InChI is InChI=1S/C16H23BrN2O4S/c1-2-3-4-6-15(17)16-7-5-12-18(16)24(22,23)14-10-8-13(9-11-14)19(20)21/h8-11,15-16H,2-7,12H2,1H3/t15-,16?/m1/s1. The molecule has 1 aromatic carbocycles. The lowest BCUT2D eigenvalue weighted by molar-refractivity contribution is -0.384. The Kier molecular flexibility index (Phi) is 6.77. The molecule has 0 saturated carbocycles. The molecule has 6 nitrogen and oxygen atoms in total. The van der Waals surface area contributed by atoms with Crippen LogP contribution in [0.5, 0.6) is 0 Å².